The van der Waals surface area contributed by atoms with Gasteiger partial charge in [-0.15, -0.1) is 0 Å². The van der Waals surface area contributed by atoms with Gasteiger partial charge in [0.25, 0.3) is 0 Å². The molecule has 1 fully saturated rings. The zero-order valence-electron chi connectivity index (χ0n) is 14.9. The summed E-state index contributed by atoms with van der Waals surface area (Å²) in [7, 11) is 1.79. The van der Waals surface area contributed by atoms with Gasteiger partial charge in [-0.1, -0.05) is 36.9 Å². The Morgan fingerprint density at radius 3 is 2.54 bits per heavy atom. The van der Waals surface area contributed by atoms with E-state index in [1.807, 2.05) is 30.3 Å². The molecular formula is C19H23N5O2. The van der Waals surface area contributed by atoms with Crippen LogP contribution in [0.1, 0.15) is 24.2 Å². The number of likely N-dealkylation sites (tertiary alicyclic amines) is 1. The van der Waals surface area contributed by atoms with Crippen LogP contribution in [0.25, 0.3) is 0 Å². The number of carbonyl (C=O) groups excluding carboxylic acids is 2. The lowest BCUT2D eigenvalue weighted by Crippen LogP contribution is -2.52. The maximum absolute atomic E-state index is 13.2. The van der Waals surface area contributed by atoms with Gasteiger partial charge in [0.2, 0.25) is 11.8 Å². The summed E-state index contributed by atoms with van der Waals surface area (Å²) in [4.78, 5) is 31.0. The number of amides is 2. The molecule has 7 nitrogen and oxygen atoms in total. The van der Waals surface area contributed by atoms with Crippen molar-refractivity contribution < 1.29 is 9.59 Å². The highest BCUT2D eigenvalue weighted by atomic mass is 16.2. The Morgan fingerprint density at radius 1 is 1.27 bits per heavy atom. The minimum absolute atomic E-state index is 0.0441. The number of benzene rings is 1. The van der Waals surface area contributed by atoms with Gasteiger partial charge in [-0.25, -0.2) is 4.98 Å². The molecule has 0 aliphatic carbocycles. The van der Waals surface area contributed by atoms with E-state index in [4.69, 9.17) is 0 Å². The van der Waals surface area contributed by atoms with Gasteiger partial charge in [-0.3, -0.25) is 14.3 Å². The Kier molecular flexibility index (Phi) is 5.16. The van der Waals surface area contributed by atoms with Crippen LogP contribution in [-0.4, -0.2) is 44.6 Å². The van der Waals surface area contributed by atoms with E-state index in [9.17, 15) is 9.59 Å². The van der Waals surface area contributed by atoms with Gasteiger partial charge < -0.3 is 10.2 Å². The number of aromatic nitrogens is 3. The molecule has 0 atom stereocenters. The summed E-state index contributed by atoms with van der Waals surface area (Å²) in [5.74, 6) is 0.560. The fourth-order valence-electron chi connectivity index (χ4n) is 3.45. The first-order valence-electron chi connectivity index (χ1n) is 8.65. The van der Waals surface area contributed by atoms with Crippen molar-refractivity contribution in [1.29, 1.82) is 0 Å². The van der Waals surface area contributed by atoms with Crippen molar-refractivity contribution in [1.82, 2.24) is 25.0 Å². The number of carbonyl (C=O) groups is 2. The summed E-state index contributed by atoms with van der Waals surface area (Å²) in [5.41, 5.74) is 0.318. The van der Waals surface area contributed by atoms with Crippen LogP contribution in [0, 0.1) is 0 Å². The molecule has 0 spiro atoms. The number of rotatable bonds is 5. The highest BCUT2D eigenvalue weighted by molar-refractivity contribution is 5.90. The van der Waals surface area contributed by atoms with Crippen LogP contribution in [-0.2, 0) is 28.6 Å². The van der Waals surface area contributed by atoms with Crippen LogP contribution in [0.3, 0.4) is 0 Å². The molecule has 1 N–H and O–H groups in total. The van der Waals surface area contributed by atoms with E-state index in [0.29, 0.717) is 38.3 Å². The van der Waals surface area contributed by atoms with Gasteiger partial charge >= 0.3 is 0 Å². The SMILES string of the molecule is C=CC(=O)N1CCC(C(=O)NCc2ncnn2C)(c2ccccc2)CC1. The number of piperidine rings is 1. The Balaban J connectivity index is 1.80. The maximum Gasteiger partial charge on any atom is 0.245 e. The molecule has 0 unspecified atom stereocenters. The summed E-state index contributed by atoms with van der Waals surface area (Å²) in [6, 6.07) is 9.77. The lowest BCUT2D eigenvalue weighted by Gasteiger charge is -2.40. The highest BCUT2D eigenvalue weighted by Gasteiger charge is 2.43. The molecule has 2 amide bonds. The first-order chi connectivity index (χ1) is 12.6. The third kappa shape index (κ3) is 3.37. The molecule has 0 saturated carbocycles. The van der Waals surface area contributed by atoms with Gasteiger partial charge in [-0.05, 0) is 24.5 Å². The number of nitrogens with zero attached hydrogens (tertiary/aromatic N) is 4. The monoisotopic (exact) mass is 353 g/mol. The summed E-state index contributed by atoms with van der Waals surface area (Å²) in [5, 5.41) is 7.03. The smallest absolute Gasteiger partial charge is 0.245 e. The van der Waals surface area contributed by atoms with E-state index >= 15 is 0 Å². The second-order valence-electron chi connectivity index (χ2n) is 6.46. The van der Waals surface area contributed by atoms with Crippen LogP contribution in [0.15, 0.2) is 49.3 Å². The number of hydrogen-bond acceptors (Lipinski definition) is 4. The van der Waals surface area contributed by atoms with Crippen molar-refractivity contribution >= 4 is 11.8 Å². The molecule has 3 rings (SSSR count). The molecule has 1 saturated heterocycles. The zero-order valence-corrected chi connectivity index (χ0v) is 14.9. The molecule has 7 heteroatoms. The predicted octanol–water partition coefficient (Wildman–Crippen LogP) is 1.18. The molecule has 136 valence electrons. The molecule has 0 radical (unpaired) electrons. The average molecular weight is 353 g/mol. The molecule has 1 aliphatic rings. The Bertz CT molecular complexity index is 791. The van der Waals surface area contributed by atoms with E-state index in [1.165, 1.54) is 12.4 Å². The first-order valence-corrected chi connectivity index (χ1v) is 8.65. The molecule has 1 aliphatic heterocycles. The summed E-state index contributed by atoms with van der Waals surface area (Å²) >= 11 is 0. The third-order valence-electron chi connectivity index (χ3n) is 5.08. The van der Waals surface area contributed by atoms with Crippen molar-refractivity contribution in [3.8, 4) is 0 Å². The van der Waals surface area contributed by atoms with Crippen molar-refractivity contribution in [3.63, 3.8) is 0 Å². The third-order valence-corrected chi connectivity index (χ3v) is 5.08. The largest absolute Gasteiger partial charge is 0.348 e. The van der Waals surface area contributed by atoms with E-state index in [2.05, 4.69) is 22.0 Å². The molecule has 2 aromatic rings. The number of nitrogens with one attached hydrogen (secondary N) is 1. The second kappa shape index (κ2) is 7.51. The first kappa shape index (κ1) is 17.8. The van der Waals surface area contributed by atoms with Crippen LogP contribution in [0.4, 0.5) is 0 Å². The minimum Gasteiger partial charge on any atom is -0.348 e. The normalized spacial score (nSPS) is 16.1. The highest BCUT2D eigenvalue weighted by Crippen LogP contribution is 2.36. The topological polar surface area (TPSA) is 80.1 Å². The fourth-order valence-corrected chi connectivity index (χ4v) is 3.45. The molecule has 0 bridgehead atoms. The van der Waals surface area contributed by atoms with Crippen LogP contribution in [0.5, 0.6) is 0 Å². The van der Waals surface area contributed by atoms with Gasteiger partial charge in [0.1, 0.15) is 12.2 Å². The Hall–Kier alpha value is -2.96. The van der Waals surface area contributed by atoms with Gasteiger partial charge in [0.15, 0.2) is 0 Å². The molecule has 1 aromatic heterocycles. The van der Waals surface area contributed by atoms with Gasteiger partial charge in [0, 0.05) is 20.1 Å². The lowest BCUT2D eigenvalue weighted by molar-refractivity contribution is -0.134. The minimum atomic E-state index is -0.655. The van der Waals surface area contributed by atoms with Crippen molar-refractivity contribution in [3.05, 3.63) is 60.7 Å². The lowest BCUT2D eigenvalue weighted by atomic mass is 9.72. The molecule has 26 heavy (non-hydrogen) atoms. The maximum atomic E-state index is 13.2. The van der Waals surface area contributed by atoms with E-state index in [1.54, 1.807) is 16.6 Å². The van der Waals surface area contributed by atoms with Crippen molar-refractivity contribution in [2.75, 3.05) is 13.1 Å². The van der Waals surface area contributed by atoms with Gasteiger partial charge in [-0.2, -0.15) is 5.10 Å². The molecular weight excluding hydrogens is 330 g/mol. The van der Waals surface area contributed by atoms with Gasteiger partial charge in [0.05, 0.1) is 12.0 Å². The average Bonchev–Trinajstić information content (AvgIpc) is 3.11. The summed E-state index contributed by atoms with van der Waals surface area (Å²) in [6.07, 6.45) is 3.93. The molecule has 2 heterocycles. The quantitative estimate of drug-likeness (QED) is 0.819. The van der Waals surface area contributed by atoms with Crippen molar-refractivity contribution in [2.24, 2.45) is 7.05 Å². The summed E-state index contributed by atoms with van der Waals surface area (Å²) in [6.45, 7) is 4.91. The number of aryl methyl sites for hydroxylation is 1. The predicted molar refractivity (Wildman–Crippen MR) is 97.0 cm³/mol. The van der Waals surface area contributed by atoms with E-state index in [-0.39, 0.29) is 11.8 Å². The Morgan fingerprint density at radius 2 is 1.96 bits per heavy atom. The van der Waals surface area contributed by atoms with Crippen molar-refractivity contribution in [2.45, 2.75) is 24.8 Å². The van der Waals surface area contributed by atoms with E-state index in [0.717, 1.165) is 5.56 Å². The van der Waals surface area contributed by atoms with E-state index < -0.39 is 5.41 Å². The zero-order chi connectivity index (χ0) is 18.6. The standard InChI is InChI=1S/C19H23N5O2/c1-3-17(25)24-11-9-19(10-12-24,15-7-5-4-6-8-15)18(26)20-13-16-21-14-22-23(16)2/h3-8,14H,1,9-13H2,2H3,(H,20,26). The van der Waals surface area contributed by atoms with Crippen LogP contribution in [0.2, 0.25) is 0 Å². The fraction of sp³-hybridized carbons (Fsp3) is 0.368. The number of hydrogen-bond donors (Lipinski definition) is 1. The Labute approximate surface area is 152 Å². The molecule has 1 aromatic carbocycles. The van der Waals surface area contributed by atoms with Crippen LogP contribution >= 0.6 is 0 Å². The second-order valence-corrected chi connectivity index (χ2v) is 6.46. The summed E-state index contributed by atoms with van der Waals surface area (Å²) < 4.78 is 1.64. The van der Waals surface area contributed by atoms with Crippen LogP contribution < -0.4 is 5.32 Å².